The first-order valence-corrected chi connectivity index (χ1v) is 17.5. The van der Waals surface area contributed by atoms with E-state index in [1.165, 1.54) is 119 Å². The summed E-state index contributed by atoms with van der Waals surface area (Å²) in [4.78, 5) is 0. The Hall–Kier alpha value is -6.50. The molecule has 0 bridgehead atoms. The number of hydrogen-bond acceptors (Lipinski definition) is 0. The van der Waals surface area contributed by atoms with Gasteiger partial charge in [0, 0.05) is 0 Å². The Balaban J connectivity index is 1.03. The maximum atomic E-state index is 2.40. The van der Waals surface area contributed by atoms with Crippen molar-refractivity contribution in [2.45, 2.75) is 0 Å². The van der Waals surface area contributed by atoms with Gasteiger partial charge in [-0.2, -0.15) is 0 Å². The van der Waals surface area contributed by atoms with Crippen LogP contribution in [0.4, 0.5) is 0 Å². The van der Waals surface area contributed by atoms with E-state index >= 15 is 0 Å². The average molecular weight is 629 g/mol. The maximum Gasteiger partial charge on any atom is -0.00264 e. The van der Waals surface area contributed by atoms with Crippen LogP contribution in [0.5, 0.6) is 0 Å². The van der Waals surface area contributed by atoms with Crippen molar-refractivity contribution in [3.05, 3.63) is 170 Å². The molecule has 0 aliphatic carbocycles. The van der Waals surface area contributed by atoms with E-state index in [9.17, 15) is 0 Å². The summed E-state index contributed by atoms with van der Waals surface area (Å²) < 4.78 is 0. The molecule has 12 aromatic rings. The third-order valence-electron chi connectivity index (χ3n) is 11.4. The topological polar surface area (TPSA) is 0 Å². The monoisotopic (exact) mass is 628 g/mol. The predicted octanol–water partition coefficient (Wildman–Crippen LogP) is 14.3. The quantitative estimate of drug-likeness (QED) is 0.167. The number of rotatable bonds is 2. The van der Waals surface area contributed by atoms with Gasteiger partial charge in [-0.05, 0) is 156 Å². The predicted molar refractivity (Wildman–Crippen MR) is 217 cm³/mol. The van der Waals surface area contributed by atoms with Crippen molar-refractivity contribution in [1.82, 2.24) is 0 Å². The Morgan fingerprint density at radius 1 is 0.180 bits per heavy atom. The van der Waals surface area contributed by atoms with Crippen molar-refractivity contribution in [2.75, 3.05) is 0 Å². The molecule has 0 nitrogen and oxygen atoms in total. The fraction of sp³-hybridized carbons (Fsp3) is 0. The van der Waals surface area contributed by atoms with Crippen LogP contribution in [0, 0.1) is 0 Å². The molecule has 0 fully saturated rings. The van der Waals surface area contributed by atoms with Gasteiger partial charge >= 0.3 is 0 Å². The van der Waals surface area contributed by atoms with Crippen LogP contribution in [-0.4, -0.2) is 0 Å². The van der Waals surface area contributed by atoms with E-state index in [1.54, 1.807) is 0 Å². The molecule has 0 N–H and O–H groups in total. The Morgan fingerprint density at radius 3 is 0.860 bits per heavy atom. The van der Waals surface area contributed by atoms with Crippen molar-refractivity contribution < 1.29 is 0 Å². The Labute approximate surface area is 288 Å². The molecule has 12 rings (SSSR count). The lowest BCUT2D eigenvalue weighted by Crippen LogP contribution is -1.87. The molecule has 0 spiro atoms. The molecule has 0 radical (unpaired) electrons. The van der Waals surface area contributed by atoms with Gasteiger partial charge in [0.25, 0.3) is 0 Å². The zero-order valence-electron chi connectivity index (χ0n) is 27.2. The van der Waals surface area contributed by atoms with Crippen molar-refractivity contribution in [3.63, 3.8) is 0 Å². The van der Waals surface area contributed by atoms with Crippen LogP contribution in [0.2, 0.25) is 0 Å². The molecule has 0 saturated heterocycles. The number of benzene rings is 12. The van der Waals surface area contributed by atoms with Crippen LogP contribution in [0.15, 0.2) is 170 Å². The summed E-state index contributed by atoms with van der Waals surface area (Å²) in [7, 11) is 0. The van der Waals surface area contributed by atoms with Crippen LogP contribution in [-0.2, 0) is 0 Å². The van der Waals surface area contributed by atoms with E-state index in [2.05, 4.69) is 170 Å². The highest BCUT2D eigenvalue weighted by molar-refractivity contribution is 6.25. The molecule has 0 heteroatoms. The molecule has 0 heterocycles. The Morgan fingerprint density at radius 2 is 0.480 bits per heavy atom. The van der Waals surface area contributed by atoms with Crippen LogP contribution >= 0.6 is 0 Å². The molecule has 0 aliphatic rings. The van der Waals surface area contributed by atoms with Crippen LogP contribution in [0.1, 0.15) is 0 Å². The van der Waals surface area contributed by atoms with Gasteiger partial charge in [-0.1, -0.05) is 133 Å². The normalized spacial score (nSPS) is 12.4. The summed E-state index contributed by atoms with van der Waals surface area (Å²) in [6, 6.07) is 64.1. The second-order valence-corrected chi connectivity index (χ2v) is 14.1. The maximum absolute atomic E-state index is 2.40. The van der Waals surface area contributed by atoms with E-state index in [1.807, 2.05) is 0 Å². The zero-order valence-corrected chi connectivity index (χ0v) is 27.2. The van der Waals surface area contributed by atoms with Gasteiger partial charge in [-0.3, -0.25) is 0 Å². The lowest BCUT2D eigenvalue weighted by atomic mass is 9.89. The van der Waals surface area contributed by atoms with Crippen LogP contribution in [0.3, 0.4) is 0 Å². The molecule has 0 aliphatic heterocycles. The van der Waals surface area contributed by atoms with E-state index in [0.29, 0.717) is 0 Å². The second-order valence-electron chi connectivity index (χ2n) is 14.1. The van der Waals surface area contributed by atoms with E-state index in [-0.39, 0.29) is 0 Å². The lowest BCUT2D eigenvalue weighted by molar-refractivity contribution is 1.69. The Bertz CT molecular complexity index is 3010. The van der Waals surface area contributed by atoms with Gasteiger partial charge in [0.05, 0.1) is 0 Å². The summed E-state index contributed by atoms with van der Waals surface area (Å²) in [6.45, 7) is 0. The second kappa shape index (κ2) is 9.56. The van der Waals surface area contributed by atoms with Gasteiger partial charge < -0.3 is 0 Å². The van der Waals surface area contributed by atoms with Crippen molar-refractivity contribution in [2.24, 2.45) is 0 Å². The molecule has 0 saturated carbocycles. The third-order valence-corrected chi connectivity index (χ3v) is 11.4. The largest absolute Gasteiger partial charge is 0.0610 e. The standard InChI is InChI=1S/C50H28/c1-3-31-9-15-37-23-41(24-38-16-10-32(4-1)47(31)49(37)38)35-13-7-29-19-22-44-43(45(29)27-35)21-20-30-8-14-36(28-46(30)44)42-25-39-17-11-33-5-2-6-34-12-18-40(26-42)50(39)48(33)34/h1-28H. The SMILES string of the molecule is c1cc2ccc3cc(-c4ccc5ccc6c7cc(-c8cc9ccc%10cccc%11ccc(c8)c9c%10%11)ccc7ccc6c5c4)cc4ccc(c1)c2c34. The zero-order chi connectivity index (χ0) is 32.5. The van der Waals surface area contributed by atoms with Crippen LogP contribution in [0.25, 0.3) is 119 Å². The van der Waals surface area contributed by atoms with Crippen molar-refractivity contribution in [3.8, 4) is 22.3 Å². The molecule has 0 atom stereocenters. The molecule has 0 amide bonds. The lowest BCUT2D eigenvalue weighted by Gasteiger charge is -2.14. The van der Waals surface area contributed by atoms with E-state index < -0.39 is 0 Å². The molecule has 12 aromatic carbocycles. The van der Waals surface area contributed by atoms with Gasteiger partial charge in [-0.25, -0.2) is 0 Å². The Kier molecular flexibility index (Phi) is 5.06. The molecular formula is C50H28. The highest BCUT2D eigenvalue weighted by atomic mass is 14.2. The minimum Gasteiger partial charge on any atom is -0.0610 e. The summed E-state index contributed by atoms with van der Waals surface area (Å²) in [5, 5.41) is 23.6. The summed E-state index contributed by atoms with van der Waals surface area (Å²) in [5.41, 5.74) is 5.01. The van der Waals surface area contributed by atoms with Gasteiger partial charge in [0.1, 0.15) is 0 Å². The van der Waals surface area contributed by atoms with E-state index in [4.69, 9.17) is 0 Å². The third kappa shape index (κ3) is 3.60. The minimum absolute atomic E-state index is 1.25. The first-order chi connectivity index (χ1) is 24.7. The first kappa shape index (κ1) is 26.5. The summed E-state index contributed by atoms with van der Waals surface area (Å²) in [6.07, 6.45) is 0. The average Bonchev–Trinajstić information content (AvgIpc) is 3.18. The number of fused-ring (bicyclic) bond motifs is 5. The molecule has 0 unspecified atom stereocenters. The van der Waals surface area contributed by atoms with Crippen molar-refractivity contribution in [1.29, 1.82) is 0 Å². The fourth-order valence-electron chi connectivity index (χ4n) is 9.07. The van der Waals surface area contributed by atoms with Crippen LogP contribution < -0.4 is 0 Å². The molecule has 50 heavy (non-hydrogen) atoms. The highest BCUT2D eigenvalue weighted by Gasteiger charge is 2.14. The summed E-state index contributed by atoms with van der Waals surface area (Å²) in [5.74, 6) is 0. The van der Waals surface area contributed by atoms with E-state index in [0.717, 1.165) is 0 Å². The molecule has 0 aromatic heterocycles. The summed E-state index contributed by atoms with van der Waals surface area (Å²) >= 11 is 0. The molecule has 228 valence electrons. The highest BCUT2D eigenvalue weighted by Crippen LogP contribution is 2.41. The fourth-order valence-corrected chi connectivity index (χ4v) is 9.07. The first-order valence-electron chi connectivity index (χ1n) is 17.5. The van der Waals surface area contributed by atoms with Gasteiger partial charge in [-0.15, -0.1) is 0 Å². The van der Waals surface area contributed by atoms with Crippen molar-refractivity contribution >= 4 is 97.0 Å². The smallest absolute Gasteiger partial charge is 0.00264 e. The minimum atomic E-state index is 1.25. The molecular weight excluding hydrogens is 601 g/mol. The van der Waals surface area contributed by atoms with Gasteiger partial charge in [0.15, 0.2) is 0 Å². The number of hydrogen-bond donors (Lipinski definition) is 0. The van der Waals surface area contributed by atoms with Gasteiger partial charge in [0.2, 0.25) is 0 Å².